The first-order chi connectivity index (χ1) is 7.58. The molecule has 0 spiro atoms. The molecule has 1 aromatic rings. The molecule has 0 aromatic carbocycles. The molecule has 16 heavy (non-hydrogen) atoms. The molecule has 0 fully saturated rings. The van der Waals surface area contributed by atoms with E-state index >= 15 is 0 Å². The number of methoxy groups -OCH3 is 2. The third-order valence-corrected chi connectivity index (χ3v) is 2.45. The molecule has 1 N–H and O–H groups in total. The van der Waals surface area contributed by atoms with E-state index in [1.54, 1.807) is 19.1 Å². The highest BCUT2D eigenvalue weighted by Gasteiger charge is 2.20. The van der Waals surface area contributed by atoms with Crippen molar-refractivity contribution in [2.45, 2.75) is 19.3 Å². The number of hydrogen-bond acceptors (Lipinski definition) is 4. The van der Waals surface area contributed by atoms with Crippen LogP contribution in [0.3, 0.4) is 0 Å². The number of carbonyl (C=O) groups is 1. The maximum Gasteiger partial charge on any atom is 0.287 e. The highest BCUT2D eigenvalue weighted by Crippen LogP contribution is 2.14. The Hall–Kier alpha value is -0.850. The standard InChI is InChI=1S/C10H14BrNO4/c1-6(10(14-2)15-3)12-9(13)7-4-5-8(11)16-7/h4-6,10H,1-3H3,(H,12,13). The van der Waals surface area contributed by atoms with Gasteiger partial charge in [0.05, 0.1) is 6.04 Å². The van der Waals surface area contributed by atoms with Crippen LogP contribution in [0.2, 0.25) is 0 Å². The van der Waals surface area contributed by atoms with Crippen molar-refractivity contribution in [3.63, 3.8) is 0 Å². The van der Waals surface area contributed by atoms with E-state index in [2.05, 4.69) is 21.2 Å². The molecule has 0 aliphatic carbocycles. The van der Waals surface area contributed by atoms with Crippen LogP contribution in [0.1, 0.15) is 17.5 Å². The Morgan fingerprint density at radius 3 is 2.50 bits per heavy atom. The lowest BCUT2D eigenvalue weighted by atomic mass is 10.3. The second-order valence-electron chi connectivity index (χ2n) is 3.21. The average molecular weight is 292 g/mol. The first-order valence-electron chi connectivity index (χ1n) is 4.70. The van der Waals surface area contributed by atoms with Gasteiger partial charge in [-0.25, -0.2) is 0 Å². The second-order valence-corrected chi connectivity index (χ2v) is 3.99. The minimum atomic E-state index is -0.484. The van der Waals surface area contributed by atoms with Crippen LogP contribution >= 0.6 is 15.9 Å². The Balaban J connectivity index is 2.57. The van der Waals surface area contributed by atoms with Crippen LogP contribution in [0.15, 0.2) is 21.2 Å². The minimum absolute atomic E-state index is 0.240. The lowest BCUT2D eigenvalue weighted by Crippen LogP contribution is -2.42. The molecule has 1 rings (SSSR count). The molecule has 0 saturated heterocycles. The summed E-state index contributed by atoms with van der Waals surface area (Å²) in [6, 6.07) is 2.97. The van der Waals surface area contributed by atoms with E-state index in [1.807, 2.05) is 0 Å². The summed E-state index contributed by atoms with van der Waals surface area (Å²) in [5.41, 5.74) is 0. The number of hydrogen-bond donors (Lipinski definition) is 1. The van der Waals surface area contributed by atoms with Gasteiger partial charge in [-0.05, 0) is 35.0 Å². The monoisotopic (exact) mass is 291 g/mol. The Bertz CT molecular complexity index is 348. The highest BCUT2D eigenvalue weighted by atomic mass is 79.9. The van der Waals surface area contributed by atoms with Crippen molar-refractivity contribution >= 4 is 21.8 Å². The fourth-order valence-corrected chi connectivity index (χ4v) is 1.59. The quantitative estimate of drug-likeness (QED) is 0.840. The predicted molar refractivity (Wildman–Crippen MR) is 61.1 cm³/mol. The molecule has 0 saturated carbocycles. The Labute approximate surface area is 102 Å². The minimum Gasteiger partial charge on any atom is -0.444 e. The zero-order chi connectivity index (χ0) is 12.1. The van der Waals surface area contributed by atoms with Gasteiger partial charge in [0.2, 0.25) is 0 Å². The topological polar surface area (TPSA) is 60.7 Å². The number of nitrogens with one attached hydrogen (secondary N) is 1. The van der Waals surface area contributed by atoms with E-state index in [1.165, 1.54) is 14.2 Å². The summed E-state index contributed by atoms with van der Waals surface area (Å²) in [4.78, 5) is 11.7. The van der Waals surface area contributed by atoms with Crippen molar-refractivity contribution in [3.05, 3.63) is 22.6 Å². The molecular weight excluding hydrogens is 278 g/mol. The van der Waals surface area contributed by atoms with Gasteiger partial charge < -0.3 is 19.2 Å². The Morgan fingerprint density at radius 1 is 1.44 bits per heavy atom. The van der Waals surface area contributed by atoms with Crippen LogP contribution in [0.4, 0.5) is 0 Å². The lowest BCUT2D eigenvalue weighted by Gasteiger charge is -2.21. The van der Waals surface area contributed by atoms with Gasteiger partial charge >= 0.3 is 0 Å². The summed E-state index contributed by atoms with van der Waals surface area (Å²) in [6.45, 7) is 1.79. The lowest BCUT2D eigenvalue weighted by molar-refractivity contribution is -0.117. The van der Waals surface area contributed by atoms with Gasteiger partial charge in [-0.1, -0.05) is 0 Å². The molecule has 6 heteroatoms. The zero-order valence-electron chi connectivity index (χ0n) is 9.32. The summed E-state index contributed by atoms with van der Waals surface area (Å²) in [6.07, 6.45) is -0.484. The van der Waals surface area contributed by atoms with E-state index in [-0.39, 0.29) is 17.7 Å². The van der Waals surface area contributed by atoms with E-state index < -0.39 is 6.29 Å². The van der Waals surface area contributed by atoms with Crippen LogP contribution in [0.5, 0.6) is 0 Å². The van der Waals surface area contributed by atoms with Gasteiger partial charge in [0.1, 0.15) is 0 Å². The molecular formula is C10H14BrNO4. The maximum absolute atomic E-state index is 11.7. The summed E-state index contributed by atoms with van der Waals surface area (Å²) >= 11 is 3.13. The molecule has 90 valence electrons. The highest BCUT2D eigenvalue weighted by molar-refractivity contribution is 9.10. The van der Waals surface area contributed by atoms with Crippen molar-refractivity contribution in [2.24, 2.45) is 0 Å². The van der Waals surface area contributed by atoms with Crippen LogP contribution in [-0.4, -0.2) is 32.5 Å². The summed E-state index contributed by atoms with van der Waals surface area (Å²) in [7, 11) is 3.03. The number of amides is 1. The maximum atomic E-state index is 11.7. The van der Waals surface area contributed by atoms with Gasteiger partial charge in [0.15, 0.2) is 16.7 Å². The van der Waals surface area contributed by atoms with E-state index in [0.29, 0.717) is 4.67 Å². The van der Waals surface area contributed by atoms with Gasteiger partial charge in [0.25, 0.3) is 5.91 Å². The molecule has 1 atom stereocenters. The van der Waals surface area contributed by atoms with Crippen molar-refractivity contribution in [1.82, 2.24) is 5.32 Å². The van der Waals surface area contributed by atoms with E-state index in [9.17, 15) is 4.79 Å². The SMILES string of the molecule is COC(OC)C(C)NC(=O)c1ccc(Br)o1. The number of halogens is 1. The molecule has 0 radical (unpaired) electrons. The normalized spacial score (nSPS) is 12.8. The van der Waals surface area contributed by atoms with Crippen LogP contribution in [-0.2, 0) is 9.47 Å². The van der Waals surface area contributed by atoms with Crippen molar-refractivity contribution in [2.75, 3.05) is 14.2 Å². The first-order valence-corrected chi connectivity index (χ1v) is 5.49. The average Bonchev–Trinajstić information content (AvgIpc) is 2.66. The van der Waals surface area contributed by atoms with Crippen LogP contribution in [0, 0.1) is 0 Å². The predicted octanol–water partition coefficient (Wildman–Crippen LogP) is 1.78. The number of furan rings is 1. The largest absolute Gasteiger partial charge is 0.444 e. The number of carbonyl (C=O) groups excluding carboxylic acids is 1. The van der Waals surface area contributed by atoms with Gasteiger partial charge in [-0.3, -0.25) is 4.79 Å². The fraction of sp³-hybridized carbons (Fsp3) is 0.500. The number of rotatable bonds is 5. The molecule has 0 aliphatic heterocycles. The number of ether oxygens (including phenoxy) is 2. The Morgan fingerprint density at radius 2 is 2.06 bits per heavy atom. The third kappa shape index (κ3) is 3.33. The first kappa shape index (κ1) is 13.2. The van der Waals surface area contributed by atoms with Gasteiger partial charge in [-0.2, -0.15) is 0 Å². The molecule has 1 heterocycles. The van der Waals surface area contributed by atoms with Crippen molar-refractivity contribution in [1.29, 1.82) is 0 Å². The smallest absolute Gasteiger partial charge is 0.287 e. The summed E-state index contributed by atoms with van der Waals surface area (Å²) in [5, 5.41) is 2.71. The summed E-state index contributed by atoms with van der Waals surface area (Å²) in [5.74, 6) is -0.0676. The van der Waals surface area contributed by atoms with E-state index in [0.717, 1.165) is 0 Å². The molecule has 0 aliphatic rings. The van der Waals surface area contributed by atoms with E-state index in [4.69, 9.17) is 13.9 Å². The fourth-order valence-electron chi connectivity index (χ4n) is 1.29. The molecule has 1 amide bonds. The van der Waals surface area contributed by atoms with Gasteiger partial charge in [-0.15, -0.1) is 0 Å². The van der Waals surface area contributed by atoms with Crippen LogP contribution in [0.25, 0.3) is 0 Å². The van der Waals surface area contributed by atoms with Crippen molar-refractivity contribution < 1.29 is 18.7 Å². The zero-order valence-corrected chi connectivity index (χ0v) is 10.9. The molecule has 5 nitrogen and oxygen atoms in total. The third-order valence-electron chi connectivity index (χ3n) is 2.03. The molecule has 0 bridgehead atoms. The molecule has 1 aromatic heterocycles. The Kier molecular flexibility index (Phi) is 4.98. The molecule has 1 unspecified atom stereocenters. The van der Waals surface area contributed by atoms with Crippen LogP contribution < -0.4 is 5.32 Å². The van der Waals surface area contributed by atoms with Gasteiger partial charge in [0, 0.05) is 14.2 Å². The summed E-state index contributed by atoms with van der Waals surface area (Å²) < 4.78 is 15.7. The second kappa shape index (κ2) is 6.03. The van der Waals surface area contributed by atoms with Crippen molar-refractivity contribution in [3.8, 4) is 0 Å².